The first-order valence-corrected chi connectivity index (χ1v) is 6.22. The van der Waals surface area contributed by atoms with Gasteiger partial charge in [-0.05, 0) is 31.2 Å². The Labute approximate surface area is 97.6 Å². The minimum absolute atomic E-state index is 0.0596. The predicted octanol–water partition coefficient (Wildman–Crippen LogP) is 0.495. The number of nitrogens with one attached hydrogen (secondary N) is 1. The third kappa shape index (κ3) is 3.46. The van der Waals surface area contributed by atoms with Gasteiger partial charge in [-0.2, -0.15) is 0 Å². The largest absolute Gasteiger partial charge is 0.391 e. The molecule has 4 heteroatoms. The smallest absolute Gasteiger partial charge is 0.223 e. The second-order valence-electron chi connectivity index (χ2n) is 5.09. The molecule has 94 valence electrons. The van der Waals surface area contributed by atoms with Crippen LogP contribution in [0.2, 0.25) is 0 Å². The van der Waals surface area contributed by atoms with Gasteiger partial charge in [0.15, 0.2) is 0 Å². The highest BCUT2D eigenvalue weighted by Gasteiger charge is 2.31. The lowest BCUT2D eigenvalue weighted by molar-refractivity contribution is -0.126. The van der Waals surface area contributed by atoms with Crippen molar-refractivity contribution < 1.29 is 9.90 Å². The lowest BCUT2D eigenvalue weighted by Gasteiger charge is -2.20. The SMILES string of the molecule is CC(C)C(O)CNC(=O)C1CCCC1CN. The van der Waals surface area contributed by atoms with Crippen molar-refractivity contribution in [3.8, 4) is 0 Å². The summed E-state index contributed by atoms with van der Waals surface area (Å²) in [6.07, 6.45) is 2.63. The van der Waals surface area contributed by atoms with E-state index in [1.54, 1.807) is 0 Å². The molecule has 1 rings (SSSR count). The van der Waals surface area contributed by atoms with Crippen molar-refractivity contribution in [1.29, 1.82) is 0 Å². The van der Waals surface area contributed by atoms with Crippen LogP contribution in [0.5, 0.6) is 0 Å². The van der Waals surface area contributed by atoms with Gasteiger partial charge in [-0.3, -0.25) is 4.79 Å². The predicted molar refractivity (Wildman–Crippen MR) is 63.7 cm³/mol. The van der Waals surface area contributed by atoms with Crippen LogP contribution in [0.15, 0.2) is 0 Å². The molecule has 0 aliphatic heterocycles. The number of aliphatic hydroxyl groups is 1. The van der Waals surface area contributed by atoms with Crippen LogP contribution in [0.1, 0.15) is 33.1 Å². The molecule has 0 aromatic rings. The van der Waals surface area contributed by atoms with Crippen molar-refractivity contribution in [2.75, 3.05) is 13.1 Å². The molecule has 1 saturated carbocycles. The normalized spacial score (nSPS) is 27.1. The van der Waals surface area contributed by atoms with E-state index in [9.17, 15) is 9.90 Å². The van der Waals surface area contributed by atoms with Gasteiger partial charge in [0.1, 0.15) is 0 Å². The maximum Gasteiger partial charge on any atom is 0.223 e. The van der Waals surface area contributed by atoms with Gasteiger partial charge in [0.2, 0.25) is 5.91 Å². The van der Waals surface area contributed by atoms with Gasteiger partial charge in [0, 0.05) is 12.5 Å². The van der Waals surface area contributed by atoms with Crippen LogP contribution in [0.25, 0.3) is 0 Å². The molecule has 1 aliphatic carbocycles. The number of hydrogen-bond donors (Lipinski definition) is 3. The van der Waals surface area contributed by atoms with Gasteiger partial charge in [-0.25, -0.2) is 0 Å². The monoisotopic (exact) mass is 228 g/mol. The fraction of sp³-hybridized carbons (Fsp3) is 0.917. The second-order valence-corrected chi connectivity index (χ2v) is 5.09. The van der Waals surface area contributed by atoms with E-state index in [-0.39, 0.29) is 17.7 Å². The fourth-order valence-corrected chi connectivity index (χ4v) is 2.24. The summed E-state index contributed by atoms with van der Waals surface area (Å²) >= 11 is 0. The van der Waals surface area contributed by atoms with Crippen molar-refractivity contribution >= 4 is 5.91 Å². The van der Waals surface area contributed by atoms with Crippen LogP contribution in [-0.2, 0) is 4.79 Å². The van der Waals surface area contributed by atoms with Crippen molar-refractivity contribution in [1.82, 2.24) is 5.32 Å². The average molecular weight is 228 g/mol. The van der Waals surface area contributed by atoms with Crippen molar-refractivity contribution in [3.05, 3.63) is 0 Å². The molecule has 1 amide bonds. The second kappa shape index (κ2) is 6.21. The zero-order valence-electron chi connectivity index (χ0n) is 10.3. The van der Waals surface area contributed by atoms with Gasteiger partial charge < -0.3 is 16.2 Å². The number of nitrogens with two attached hydrogens (primary N) is 1. The van der Waals surface area contributed by atoms with Crippen LogP contribution in [0.4, 0.5) is 0 Å². The standard InChI is InChI=1S/C12H24N2O2/c1-8(2)11(15)7-14-12(16)10-5-3-4-9(10)6-13/h8-11,15H,3-7,13H2,1-2H3,(H,14,16). The number of carbonyl (C=O) groups is 1. The summed E-state index contributed by atoms with van der Waals surface area (Å²) < 4.78 is 0. The minimum atomic E-state index is -0.457. The van der Waals surface area contributed by atoms with Crippen molar-refractivity contribution in [2.24, 2.45) is 23.5 Å². The van der Waals surface area contributed by atoms with Gasteiger partial charge in [0.25, 0.3) is 0 Å². The Balaban J connectivity index is 2.34. The highest BCUT2D eigenvalue weighted by atomic mass is 16.3. The first-order chi connectivity index (χ1) is 7.56. The van der Waals surface area contributed by atoms with Gasteiger partial charge >= 0.3 is 0 Å². The molecule has 1 fully saturated rings. The molecule has 4 N–H and O–H groups in total. The summed E-state index contributed by atoms with van der Waals surface area (Å²) in [4.78, 5) is 11.9. The summed E-state index contributed by atoms with van der Waals surface area (Å²) in [6.45, 7) is 4.82. The first-order valence-electron chi connectivity index (χ1n) is 6.22. The van der Waals surface area contributed by atoms with E-state index in [0.717, 1.165) is 19.3 Å². The zero-order valence-corrected chi connectivity index (χ0v) is 10.3. The molecular formula is C12H24N2O2. The Morgan fingerprint density at radius 3 is 2.75 bits per heavy atom. The molecule has 0 spiro atoms. The van der Waals surface area contributed by atoms with Crippen molar-refractivity contribution in [3.63, 3.8) is 0 Å². The van der Waals surface area contributed by atoms with Crippen molar-refractivity contribution in [2.45, 2.75) is 39.2 Å². The maximum absolute atomic E-state index is 11.9. The van der Waals surface area contributed by atoms with Crippen LogP contribution in [-0.4, -0.2) is 30.2 Å². The zero-order chi connectivity index (χ0) is 12.1. The molecule has 1 aliphatic rings. The topological polar surface area (TPSA) is 75.3 Å². The molecule has 16 heavy (non-hydrogen) atoms. The third-order valence-electron chi connectivity index (χ3n) is 3.55. The quantitative estimate of drug-likeness (QED) is 0.641. The first kappa shape index (κ1) is 13.5. The van der Waals surface area contributed by atoms with Gasteiger partial charge in [-0.15, -0.1) is 0 Å². The third-order valence-corrected chi connectivity index (χ3v) is 3.55. The molecule has 4 nitrogen and oxygen atoms in total. The van der Waals surface area contributed by atoms with E-state index in [2.05, 4.69) is 5.32 Å². The highest BCUT2D eigenvalue weighted by Crippen LogP contribution is 2.30. The number of amides is 1. The molecule has 0 saturated heterocycles. The molecule has 0 radical (unpaired) electrons. The Hall–Kier alpha value is -0.610. The molecule has 3 unspecified atom stereocenters. The Morgan fingerprint density at radius 2 is 2.19 bits per heavy atom. The molecule has 0 aromatic carbocycles. The Morgan fingerprint density at radius 1 is 1.50 bits per heavy atom. The molecule has 0 heterocycles. The lowest BCUT2D eigenvalue weighted by atomic mass is 9.95. The van der Waals surface area contributed by atoms with E-state index < -0.39 is 6.10 Å². The maximum atomic E-state index is 11.9. The Kier molecular flexibility index (Phi) is 5.22. The number of rotatable bonds is 5. The summed E-state index contributed by atoms with van der Waals surface area (Å²) in [5, 5.41) is 12.4. The number of aliphatic hydroxyl groups excluding tert-OH is 1. The number of carbonyl (C=O) groups excluding carboxylic acids is 1. The van der Waals surface area contributed by atoms with Gasteiger partial charge in [-0.1, -0.05) is 20.3 Å². The summed E-state index contributed by atoms with van der Waals surface area (Å²) in [5.41, 5.74) is 5.64. The molecular weight excluding hydrogens is 204 g/mol. The fourth-order valence-electron chi connectivity index (χ4n) is 2.24. The van der Waals surface area contributed by atoms with E-state index in [4.69, 9.17) is 5.73 Å². The molecule has 0 aromatic heterocycles. The van der Waals surface area contributed by atoms with Crippen LogP contribution >= 0.6 is 0 Å². The summed E-state index contributed by atoms with van der Waals surface area (Å²) in [6, 6.07) is 0. The van der Waals surface area contributed by atoms with Crippen LogP contribution < -0.4 is 11.1 Å². The summed E-state index contributed by atoms with van der Waals surface area (Å²) in [5.74, 6) is 0.627. The van der Waals surface area contributed by atoms with E-state index in [0.29, 0.717) is 19.0 Å². The van der Waals surface area contributed by atoms with Crippen LogP contribution in [0, 0.1) is 17.8 Å². The molecule has 0 bridgehead atoms. The van der Waals surface area contributed by atoms with E-state index in [1.807, 2.05) is 13.8 Å². The van der Waals surface area contributed by atoms with E-state index in [1.165, 1.54) is 0 Å². The van der Waals surface area contributed by atoms with Crippen LogP contribution in [0.3, 0.4) is 0 Å². The Bertz CT molecular complexity index is 231. The average Bonchev–Trinajstić information content (AvgIpc) is 2.73. The lowest BCUT2D eigenvalue weighted by Crippen LogP contribution is -2.40. The summed E-state index contributed by atoms with van der Waals surface area (Å²) in [7, 11) is 0. The molecule has 3 atom stereocenters. The number of hydrogen-bond acceptors (Lipinski definition) is 3. The van der Waals surface area contributed by atoms with Gasteiger partial charge in [0.05, 0.1) is 6.10 Å². The van der Waals surface area contributed by atoms with E-state index >= 15 is 0 Å². The minimum Gasteiger partial charge on any atom is -0.391 e. The highest BCUT2D eigenvalue weighted by molar-refractivity contribution is 5.79.